The summed E-state index contributed by atoms with van der Waals surface area (Å²) in [4.78, 5) is 11.7. The van der Waals surface area contributed by atoms with Gasteiger partial charge in [-0.25, -0.2) is 4.79 Å². The number of hydrogen-bond donors (Lipinski definition) is 2. The zero-order chi connectivity index (χ0) is 18.3. The number of nitrogens with one attached hydrogen (secondary N) is 2. The van der Waals surface area contributed by atoms with Crippen molar-refractivity contribution in [3.05, 3.63) is 29.8 Å². The zero-order valence-electron chi connectivity index (χ0n) is 14.9. The minimum absolute atomic E-state index is 0.211. The minimum atomic E-state index is -0.528. The first-order valence-electron chi connectivity index (χ1n) is 8.32. The molecule has 1 aromatic carbocycles. The third-order valence-corrected chi connectivity index (χ3v) is 3.41. The number of hydrogen-bond acceptors (Lipinski definition) is 6. The van der Waals surface area contributed by atoms with Gasteiger partial charge in [-0.15, -0.1) is 0 Å². The largest absolute Gasteiger partial charge is 0.444 e. The molecule has 2 rings (SSSR count). The average molecular weight is 347 g/mol. The van der Waals surface area contributed by atoms with Gasteiger partial charge in [-0.05, 0) is 45.0 Å². The molecule has 0 radical (unpaired) electrons. The number of anilines is 1. The topological polar surface area (TPSA) is 92.6 Å². The molecule has 0 aliphatic carbocycles. The maximum absolute atomic E-state index is 11.7. The summed E-state index contributed by atoms with van der Waals surface area (Å²) < 4.78 is 16.4. The van der Waals surface area contributed by atoms with Crippen molar-refractivity contribution in [2.45, 2.75) is 45.1 Å². The molecule has 136 valence electrons. The van der Waals surface area contributed by atoms with Gasteiger partial charge in [-0.2, -0.15) is 5.26 Å². The number of rotatable bonds is 5. The van der Waals surface area contributed by atoms with Crippen LogP contribution >= 0.6 is 0 Å². The molecule has 0 atom stereocenters. The Morgan fingerprint density at radius 2 is 1.92 bits per heavy atom. The minimum Gasteiger partial charge on any atom is -0.444 e. The molecular weight excluding hydrogens is 322 g/mol. The highest BCUT2D eigenvalue weighted by Gasteiger charge is 2.25. The molecule has 2 N–H and O–H groups in total. The van der Waals surface area contributed by atoms with Crippen LogP contribution in [0.4, 0.5) is 10.5 Å². The van der Waals surface area contributed by atoms with Crippen LogP contribution in [0.5, 0.6) is 0 Å². The monoisotopic (exact) mass is 347 g/mol. The molecular formula is C18H25N3O4. The summed E-state index contributed by atoms with van der Waals surface area (Å²) in [5, 5.41) is 14.8. The van der Waals surface area contributed by atoms with Crippen molar-refractivity contribution >= 4 is 11.8 Å². The van der Waals surface area contributed by atoms with Crippen LogP contribution in [0, 0.1) is 11.3 Å². The Morgan fingerprint density at radius 1 is 1.28 bits per heavy atom. The molecule has 0 aromatic heterocycles. The first-order valence-corrected chi connectivity index (χ1v) is 8.32. The van der Waals surface area contributed by atoms with Crippen LogP contribution in [0.15, 0.2) is 24.3 Å². The molecule has 0 bridgehead atoms. The summed E-state index contributed by atoms with van der Waals surface area (Å²) >= 11 is 0. The molecule has 1 aliphatic heterocycles. The maximum Gasteiger partial charge on any atom is 0.408 e. The van der Waals surface area contributed by atoms with Crippen LogP contribution in [0.3, 0.4) is 0 Å². The van der Waals surface area contributed by atoms with Crippen molar-refractivity contribution in [3.63, 3.8) is 0 Å². The van der Waals surface area contributed by atoms with Crippen LogP contribution in [0.1, 0.15) is 32.8 Å². The molecule has 25 heavy (non-hydrogen) atoms. The van der Waals surface area contributed by atoms with E-state index in [1.165, 1.54) is 0 Å². The van der Waals surface area contributed by atoms with Gasteiger partial charge in [0.15, 0.2) is 6.29 Å². The molecule has 1 heterocycles. The Hall–Kier alpha value is -2.30. The first-order chi connectivity index (χ1) is 11.9. The first kappa shape index (κ1) is 19.0. The van der Waals surface area contributed by atoms with Crippen LogP contribution in [0.2, 0.25) is 0 Å². The van der Waals surface area contributed by atoms with E-state index in [-0.39, 0.29) is 12.3 Å². The Bertz CT molecular complexity index is 596. The second-order valence-corrected chi connectivity index (χ2v) is 6.84. The molecule has 0 spiro atoms. The van der Waals surface area contributed by atoms with E-state index in [0.29, 0.717) is 31.7 Å². The molecule has 0 unspecified atom stereocenters. The van der Waals surface area contributed by atoms with Crippen LogP contribution < -0.4 is 10.6 Å². The summed E-state index contributed by atoms with van der Waals surface area (Å²) in [5.41, 5.74) is 1.05. The summed E-state index contributed by atoms with van der Waals surface area (Å²) in [6.45, 7) is 6.91. The number of nitriles is 1. The van der Waals surface area contributed by atoms with Gasteiger partial charge in [0.25, 0.3) is 0 Å². The third-order valence-electron chi connectivity index (χ3n) is 3.41. The Balaban J connectivity index is 1.63. The molecule has 1 aromatic rings. The second kappa shape index (κ2) is 8.70. The summed E-state index contributed by atoms with van der Waals surface area (Å²) in [7, 11) is 0. The molecule has 7 nitrogen and oxygen atoms in total. The van der Waals surface area contributed by atoms with Crippen molar-refractivity contribution in [2.75, 3.05) is 25.1 Å². The molecule has 1 fully saturated rings. The van der Waals surface area contributed by atoms with E-state index < -0.39 is 11.7 Å². The van der Waals surface area contributed by atoms with E-state index in [2.05, 4.69) is 16.7 Å². The second-order valence-electron chi connectivity index (χ2n) is 6.84. The Kier molecular flexibility index (Phi) is 6.62. The van der Waals surface area contributed by atoms with Crippen molar-refractivity contribution < 1.29 is 19.0 Å². The van der Waals surface area contributed by atoms with Gasteiger partial charge in [0.2, 0.25) is 0 Å². The van der Waals surface area contributed by atoms with E-state index in [4.69, 9.17) is 19.5 Å². The lowest BCUT2D eigenvalue weighted by molar-refractivity contribution is -0.189. The molecule has 1 saturated heterocycles. The highest BCUT2D eigenvalue weighted by molar-refractivity contribution is 5.68. The molecule has 0 saturated carbocycles. The standard InChI is InChI=1S/C18H25N3O4/c1-18(2,3)25-17(22)21-15-11-23-16(24-12-15)8-9-20-14-6-4-13(10-19)5-7-14/h4-7,15-16,20H,8-9,11-12H2,1-3H3,(H,21,22). The van der Waals surface area contributed by atoms with Crippen molar-refractivity contribution in [1.29, 1.82) is 5.26 Å². The number of nitrogens with zero attached hydrogens (tertiary/aromatic N) is 1. The SMILES string of the molecule is CC(C)(C)OC(=O)NC1COC(CCNc2ccc(C#N)cc2)OC1. The van der Waals surface area contributed by atoms with Crippen molar-refractivity contribution in [3.8, 4) is 6.07 Å². The number of ether oxygens (including phenoxy) is 3. The van der Waals surface area contributed by atoms with Gasteiger partial charge in [-0.3, -0.25) is 0 Å². The van der Waals surface area contributed by atoms with Gasteiger partial charge in [-0.1, -0.05) is 0 Å². The third kappa shape index (κ3) is 6.99. The fraction of sp³-hybridized carbons (Fsp3) is 0.556. The van der Waals surface area contributed by atoms with E-state index in [9.17, 15) is 4.79 Å². The van der Waals surface area contributed by atoms with Crippen molar-refractivity contribution in [2.24, 2.45) is 0 Å². The average Bonchev–Trinajstić information content (AvgIpc) is 2.55. The highest BCUT2D eigenvalue weighted by Crippen LogP contribution is 2.13. The molecule has 1 amide bonds. The molecule has 7 heteroatoms. The number of carbonyl (C=O) groups is 1. The number of alkyl carbamates (subject to hydrolysis) is 1. The van der Waals surface area contributed by atoms with Gasteiger partial charge in [0.05, 0.1) is 30.9 Å². The highest BCUT2D eigenvalue weighted by atomic mass is 16.7. The summed E-state index contributed by atoms with van der Waals surface area (Å²) in [5.74, 6) is 0. The Labute approximate surface area is 148 Å². The van der Waals surface area contributed by atoms with Crippen molar-refractivity contribution in [1.82, 2.24) is 5.32 Å². The lowest BCUT2D eigenvalue weighted by Crippen LogP contribution is -2.48. The number of carbonyl (C=O) groups excluding carboxylic acids is 1. The number of amides is 1. The van der Waals surface area contributed by atoms with Gasteiger partial charge >= 0.3 is 6.09 Å². The van der Waals surface area contributed by atoms with Crippen LogP contribution in [-0.4, -0.2) is 43.8 Å². The predicted molar refractivity (Wildman–Crippen MR) is 93.1 cm³/mol. The van der Waals surface area contributed by atoms with E-state index in [0.717, 1.165) is 5.69 Å². The summed E-state index contributed by atoms with van der Waals surface area (Å²) in [6.07, 6.45) is -0.0905. The zero-order valence-corrected chi connectivity index (χ0v) is 14.9. The smallest absolute Gasteiger partial charge is 0.408 e. The fourth-order valence-electron chi connectivity index (χ4n) is 2.26. The lowest BCUT2D eigenvalue weighted by Gasteiger charge is -2.30. The van der Waals surface area contributed by atoms with Crippen LogP contribution in [0.25, 0.3) is 0 Å². The molecule has 1 aliphatic rings. The van der Waals surface area contributed by atoms with Gasteiger partial charge < -0.3 is 24.8 Å². The lowest BCUT2D eigenvalue weighted by atomic mass is 10.2. The maximum atomic E-state index is 11.7. The van der Waals surface area contributed by atoms with E-state index >= 15 is 0 Å². The fourth-order valence-corrected chi connectivity index (χ4v) is 2.26. The van der Waals surface area contributed by atoms with Crippen LogP contribution in [-0.2, 0) is 14.2 Å². The van der Waals surface area contributed by atoms with Gasteiger partial charge in [0, 0.05) is 18.7 Å². The number of benzene rings is 1. The van der Waals surface area contributed by atoms with Gasteiger partial charge in [0.1, 0.15) is 5.60 Å². The normalized spacial score (nSPS) is 20.4. The Morgan fingerprint density at radius 3 is 2.48 bits per heavy atom. The predicted octanol–water partition coefficient (Wildman–Crippen LogP) is 2.63. The summed E-state index contributed by atoms with van der Waals surface area (Å²) in [6, 6.07) is 9.13. The quantitative estimate of drug-likeness (QED) is 0.850. The van der Waals surface area contributed by atoms with E-state index in [1.807, 2.05) is 32.9 Å². The van der Waals surface area contributed by atoms with E-state index in [1.54, 1.807) is 12.1 Å².